The summed E-state index contributed by atoms with van der Waals surface area (Å²) in [5.41, 5.74) is 4.01. The van der Waals surface area contributed by atoms with E-state index in [4.69, 9.17) is 0 Å². The number of hydrogen-bond donors (Lipinski definition) is 1. The Hall–Kier alpha value is -3.77. The topological polar surface area (TPSA) is 34.0 Å². The Balaban J connectivity index is 1.43. The molecule has 0 bridgehead atoms. The van der Waals surface area contributed by atoms with Gasteiger partial charge in [0.05, 0.1) is 0 Å². The molecule has 0 aliphatic carbocycles. The van der Waals surface area contributed by atoms with Gasteiger partial charge in [0.15, 0.2) is 0 Å². The monoisotopic (exact) mass is 486 g/mol. The number of rotatable bonds is 8. The molecule has 0 saturated heterocycles. The Morgan fingerprint density at radius 3 is 2.23 bits per heavy atom. The first-order valence-electron chi connectivity index (χ1n) is 11.4. The standard InChI is InChI=1S/C29H24F2N2OS/c30-22-11-7-20(8-12-22)17-32-29(34)16-25(28-6-3-15-35-28)26-19-33(27-5-2-1-4-24(26)27)18-21-9-13-23(31)14-10-21/h1-15,19,25H,16-18H2,(H,32,34). The first kappa shape index (κ1) is 23.0. The molecule has 1 amide bonds. The fourth-order valence-electron chi connectivity index (χ4n) is 4.38. The molecule has 1 unspecified atom stereocenters. The number of carbonyl (C=O) groups is 1. The molecule has 0 aliphatic heterocycles. The van der Waals surface area contributed by atoms with Crippen LogP contribution in [0.2, 0.25) is 0 Å². The highest BCUT2D eigenvalue weighted by Crippen LogP contribution is 2.37. The molecule has 1 atom stereocenters. The van der Waals surface area contributed by atoms with Crippen molar-refractivity contribution in [3.63, 3.8) is 0 Å². The van der Waals surface area contributed by atoms with Gasteiger partial charge in [-0.25, -0.2) is 8.78 Å². The minimum atomic E-state index is -0.296. The highest BCUT2D eigenvalue weighted by molar-refractivity contribution is 7.10. The van der Waals surface area contributed by atoms with Crippen molar-refractivity contribution in [3.8, 4) is 0 Å². The van der Waals surface area contributed by atoms with Crippen LogP contribution in [0.25, 0.3) is 10.9 Å². The van der Waals surface area contributed by atoms with E-state index in [1.807, 2.05) is 23.6 Å². The number of halogens is 2. The number of nitrogens with one attached hydrogen (secondary N) is 1. The van der Waals surface area contributed by atoms with Gasteiger partial charge in [-0.05, 0) is 58.5 Å². The Kier molecular flexibility index (Phi) is 6.73. The molecule has 35 heavy (non-hydrogen) atoms. The molecule has 5 aromatic rings. The Morgan fingerprint density at radius 1 is 0.857 bits per heavy atom. The zero-order chi connectivity index (χ0) is 24.2. The predicted octanol–water partition coefficient (Wildman–Crippen LogP) is 6.87. The summed E-state index contributed by atoms with van der Waals surface area (Å²) in [6.07, 6.45) is 2.41. The van der Waals surface area contributed by atoms with E-state index in [1.54, 1.807) is 35.6 Å². The number of nitrogens with zero attached hydrogens (tertiary/aromatic N) is 1. The van der Waals surface area contributed by atoms with Gasteiger partial charge in [-0.1, -0.05) is 48.5 Å². The van der Waals surface area contributed by atoms with Crippen LogP contribution in [0.4, 0.5) is 8.78 Å². The smallest absolute Gasteiger partial charge is 0.221 e. The predicted molar refractivity (Wildman–Crippen MR) is 136 cm³/mol. The van der Waals surface area contributed by atoms with Crippen LogP contribution in [0.5, 0.6) is 0 Å². The van der Waals surface area contributed by atoms with Crippen molar-refractivity contribution in [1.29, 1.82) is 0 Å². The third-order valence-electron chi connectivity index (χ3n) is 6.14. The lowest BCUT2D eigenvalue weighted by molar-refractivity contribution is -0.121. The zero-order valence-electron chi connectivity index (χ0n) is 19.0. The fraction of sp³-hybridized carbons (Fsp3) is 0.138. The van der Waals surface area contributed by atoms with Crippen molar-refractivity contribution in [2.45, 2.75) is 25.4 Å². The fourth-order valence-corrected chi connectivity index (χ4v) is 5.23. The number of aromatic nitrogens is 1. The number of para-hydroxylation sites is 1. The van der Waals surface area contributed by atoms with Crippen LogP contribution in [-0.4, -0.2) is 10.5 Å². The van der Waals surface area contributed by atoms with Crippen molar-refractivity contribution < 1.29 is 13.6 Å². The van der Waals surface area contributed by atoms with E-state index >= 15 is 0 Å². The maximum Gasteiger partial charge on any atom is 0.221 e. The average Bonchev–Trinajstić information content (AvgIpc) is 3.53. The lowest BCUT2D eigenvalue weighted by Crippen LogP contribution is -2.24. The van der Waals surface area contributed by atoms with Crippen molar-refractivity contribution in [1.82, 2.24) is 9.88 Å². The van der Waals surface area contributed by atoms with Gasteiger partial charge in [-0.2, -0.15) is 0 Å². The molecular formula is C29H24F2N2OS. The van der Waals surface area contributed by atoms with Gasteiger partial charge in [0.2, 0.25) is 5.91 Å². The summed E-state index contributed by atoms with van der Waals surface area (Å²) in [5.74, 6) is -0.725. The summed E-state index contributed by atoms with van der Waals surface area (Å²) in [6, 6.07) is 24.9. The number of hydrogen-bond acceptors (Lipinski definition) is 2. The van der Waals surface area contributed by atoms with Crippen LogP contribution in [-0.2, 0) is 17.9 Å². The summed E-state index contributed by atoms with van der Waals surface area (Å²) < 4.78 is 28.7. The second-order valence-electron chi connectivity index (χ2n) is 8.53. The van der Waals surface area contributed by atoms with Crippen LogP contribution >= 0.6 is 11.3 Å². The molecule has 0 aliphatic rings. The van der Waals surface area contributed by atoms with Crippen LogP contribution in [0.1, 0.15) is 33.9 Å². The van der Waals surface area contributed by atoms with Crippen molar-refractivity contribution >= 4 is 28.1 Å². The van der Waals surface area contributed by atoms with Crippen LogP contribution in [0.15, 0.2) is 96.5 Å². The minimum absolute atomic E-state index is 0.0666. The van der Waals surface area contributed by atoms with Crippen LogP contribution < -0.4 is 5.32 Å². The van der Waals surface area contributed by atoms with E-state index in [2.05, 4.69) is 34.3 Å². The van der Waals surface area contributed by atoms with Crippen molar-refractivity contribution in [2.75, 3.05) is 0 Å². The Labute approximate surface area is 206 Å². The lowest BCUT2D eigenvalue weighted by atomic mass is 9.93. The zero-order valence-corrected chi connectivity index (χ0v) is 19.8. The molecule has 0 spiro atoms. The molecule has 6 heteroatoms. The maximum atomic E-state index is 13.4. The summed E-state index contributed by atoms with van der Waals surface area (Å²) in [5, 5.41) is 6.10. The molecular weight excluding hydrogens is 462 g/mol. The van der Waals surface area contributed by atoms with Gasteiger partial charge in [-0.3, -0.25) is 4.79 Å². The molecule has 0 saturated carbocycles. The summed E-state index contributed by atoms with van der Waals surface area (Å²) in [4.78, 5) is 14.1. The molecule has 0 radical (unpaired) electrons. The van der Waals surface area contributed by atoms with Crippen molar-refractivity contribution in [2.24, 2.45) is 0 Å². The molecule has 2 aromatic heterocycles. The van der Waals surface area contributed by atoms with Gasteiger partial charge in [0.25, 0.3) is 0 Å². The van der Waals surface area contributed by atoms with Gasteiger partial charge in [-0.15, -0.1) is 11.3 Å². The van der Waals surface area contributed by atoms with Gasteiger partial charge in [0.1, 0.15) is 11.6 Å². The van der Waals surface area contributed by atoms with Gasteiger partial charge >= 0.3 is 0 Å². The number of amides is 1. The second kappa shape index (κ2) is 10.2. The van der Waals surface area contributed by atoms with Crippen LogP contribution in [0.3, 0.4) is 0 Å². The summed E-state index contributed by atoms with van der Waals surface area (Å²) >= 11 is 1.63. The van der Waals surface area contributed by atoms with Crippen molar-refractivity contribution in [3.05, 3.63) is 130 Å². The normalized spacial score (nSPS) is 12.1. The summed E-state index contributed by atoms with van der Waals surface area (Å²) in [6.45, 7) is 0.956. The maximum absolute atomic E-state index is 13.4. The van der Waals surface area contributed by atoms with E-state index in [1.165, 1.54) is 24.3 Å². The molecule has 0 fully saturated rings. The number of carbonyl (C=O) groups excluding carboxylic acids is 1. The SMILES string of the molecule is O=C(CC(c1cccs1)c1cn(Cc2ccc(F)cc2)c2ccccc12)NCc1ccc(F)cc1. The number of benzene rings is 3. The van der Waals surface area contributed by atoms with E-state index in [0.717, 1.165) is 32.5 Å². The van der Waals surface area contributed by atoms with E-state index in [9.17, 15) is 13.6 Å². The van der Waals surface area contributed by atoms with E-state index in [-0.39, 0.29) is 23.5 Å². The number of thiophene rings is 1. The average molecular weight is 487 g/mol. The highest BCUT2D eigenvalue weighted by atomic mass is 32.1. The molecule has 176 valence electrons. The first-order valence-corrected chi connectivity index (χ1v) is 12.3. The molecule has 3 nitrogen and oxygen atoms in total. The molecule has 2 heterocycles. The summed E-state index contributed by atoms with van der Waals surface area (Å²) in [7, 11) is 0. The van der Waals surface area contributed by atoms with E-state index in [0.29, 0.717) is 19.5 Å². The van der Waals surface area contributed by atoms with Gasteiger partial charge in [0, 0.05) is 47.4 Å². The number of fused-ring (bicyclic) bond motifs is 1. The molecule has 1 N–H and O–H groups in total. The lowest BCUT2D eigenvalue weighted by Gasteiger charge is -2.15. The molecule has 5 rings (SSSR count). The Bertz CT molecular complexity index is 1420. The van der Waals surface area contributed by atoms with Gasteiger partial charge < -0.3 is 9.88 Å². The Morgan fingerprint density at radius 2 is 1.54 bits per heavy atom. The van der Waals surface area contributed by atoms with E-state index < -0.39 is 0 Å². The highest BCUT2D eigenvalue weighted by Gasteiger charge is 2.23. The third kappa shape index (κ3) is 5.33. The largest absolute Gasteiger partial charge is 0.352 e. The quantitative estimate of drug-likeness (QED) is 0.255. The molecule has 3 aromatic carbocycles. The minimum Gasteiger partial charge on any atom is -0.352 e. The second-order valence-corrected chi connectivity index (χ2v) is 9.51. The third-order valence-corrected chi connectivity index (χ3v) is 7.13. The van der Waals surface area contributed by atoms with Crippen LogP contribution in [0, 0.1) is 11.6 Å². The first-order chi connectivity index (χ1) is 17.1.